The number of piperazine rings is 1. The zero-order valence-corrected chi connectivity index (χ0v) is 22.0. The molecule has 194 valence electrons. The lowest BCUT2D eigenvalue weighted by molar-refractivity contribution is -0.130. The number of nitrogens with one attached hydrogen (secondary N) is 2. The first-order chi connectivity index (χ1) is 18.3. The van der Waals surface area contributed by atoms with E-state index in [1.165, 1.54) is 17.5 Å². The molecule has 0 radical (unpaired) electrons. The maximum absolute atomic E-state index is 13.3. The van der Waals surface area contributed by atoms with Gasteiger partial charge in [0.2, 0.25) is 5.91 Å². The predicted molar refractivity (Wildman–Crippen MR) is 151 cm³/mol. The number of fused-ring (bicyclic) bond motifs is 1. The van der Waals surface area contributed by atoms with Crippen molar-refractivity contribution < 1.29 is 14.4 Å². The molecule has 4 amide bonds. The van der Waals surface area contributed by atoms with E-state index < -0.39 is 0 Å². The van der Waals surface area contributed by atoms with E-state index in [9.17, 15) is 14.4 Å². The lowest BCUT2D eigenvalue weighted by Gasteiger charge is -2.34. The van der Waals surface area contributed by atoms with E-state index in [4.69, 9.17) is 5.73 Å². The van der Waals surface area contributed by atoms with Crippen molar-refractivity contribution in [3.8, 4) is 11.1 Å². The van der Waals surface area contributed by atoms with Crippen LogP contribution in [0.4, 0.5) is 22.0 Å². The number of thiophene rings is 1. The van der Waals surface area contributed by atoms with Crippen LogP contribution in [0.1, 0.15) is 22.8 Å². The van der Waals surface area contributed by atoms with Gasteiger partial charge in [-0.3, -0.25) is 9.59 Å². The molecular formula is C28H28N6O3S. The molecule has 0 unspecified atom stereocenters. The Bertz CT molecular complexity index is 1520. The number of carbonyl (C=O) groups excluding carboxylic acids is 3. The number of aryl methyl sites for hydroxylation is 1. The molecule has 10 heteroatoms. The van der Waals surface area contributed by atoms with E-state index in [1.54, 1.807) is 16.7 Å². The van der Waals surface area contributed by atoms with Crippen LogP contribution in [0, 0.1) is 6.92 Å². The second kappa shape index (κ2) is 10.5. The summed E-state index contributed by atoms with van der Waals surface area (Å²) in [4.78, 5) is 45.2. The van der Waals surface area contributed by atoms with Crippen molar-refractivity contribution in [2.45, 2.75) is 13.8 Å². The molecule has 38 heavy (non-hydrogen) atoms. The van der Waals surface area contributed by atoms with Crippen LogP contribution in [-0.4, -0.2) is 58.8 Å². The Kier molecular flexibility index (Phi) is 6.97. The zero-order valence-electron chi connectivity index (χ0n) is 21.2. The van der Waals surface area contributed by atoms with Crippen molar-refractivity contribution in [2.75, 3.05) is 42.5 Å². The van der Waals surface area contributed by atoms with Crippen LogP contribution in [0.25, 0.3) is 21.2 Å². The Hall–Kier alpha value is -4.44. The fourth-order valence-electron chi connectivity index (χ4n) is 4.58. The fourth-order valence-corrected chi connectivity index (χ4v) is 5.67. The van der Waals surface area contributed by atoms with Gasteiger partial charge in [0, 0.05) is 61.6 Å². The normalized spacial score (nSPS) is 13.4. The third-order valence-corrected chi connectivity index (χ3v) is 7.61. The Morgan fingerprint density at radius 2 is 1.63 bits per heavy atom. The summed E-state index contributed by atoms with van der Waals surface area (Å²) in [6, 6.07) is 14.7. The van der Waals surface area contributed by atoms with E-state index in [-0.39, 0.29) is 17.8 Å². The highest BCUT2D eigenvalue weighted by Gasteiger charge is 2.26. The fraction of sp³-hybridized carbons (Fsp3) is 0.214. The molecular weight excluding hydrogens is 500 g/mol. The van der Waals surface area contributed by atoms with Crippen molar-refractivity contribution in [1.29, 1.82) is 0 Å². The average molecular weight is 529 g/mol. The first-order valence-electron chi connectivity index (χ1n) is 12.3. The van der Waals surface area contributed by atoms with Gasteiger partial charge in [0.25, 0.3) is 5.91 Å². The lowest BCUT2D eigenvalue weighted by atomic mass is 10.0. The standard InChI is InChI=1S/C28H28N6O3S/c1-17-4-3-5-21(14-17)32-28(37)31-20-8-6-19(7-9-20)23-16-38-25-22(15-30-26(29)24(23)25)27(36)34-12-10-33(11-13-34)18(2)35/h3-9,14-16H,10-13H2,1-2H3,(H2,29,30)(H2,31,32,37). The Morgan fingerprint density at radius 1 is 0.947 bits per heavy atom. The molecule has 1 saturated heterocycles. The molecule has 0 aliphatic carbocycles. The van der Waals surface area contributed by atoms with E-state index in [0.29, 0.717) is 43.2 Å². The van der Waals surface area contributed by atoms with Gasteiger partial charge >= 0.3 is 6.03 Å². The monoisotopic (exact) mass is 528 g/mol. The number of pyridine rings is 1. The van der Waals surface area contributed by atoms with Gasteiger partial charge in [-0.05, 0) is 47.7 Å². The van der Waals surface area contributed by atoms with E-state index >= 15 is 0 Å². The molecule has 0 saturated carbocycles. The lowest BCUT2D eigenvalue weighted by Crippen LogP contribution is -2.50. The zero-order chi connectivity index (χ0) is 26.8. The van der Waals surface area contributed by atoms with Crippen LogP contribution >= 0.6 is 11.3 Å². The average Bonchev–Trinajstić information content (AvgIpc) is 3.35. The summed E-state index contributed by atoms with van der Waals surface area (Å²) in [5.74, 6) is 0.261. The number of nitrogens with zero attached hydrogens (tertiary/aromatic N) is 3. The van der Waals surface area contributed by atoms with Crippen molar-refractivity contribution in [2.24, 2.45) is 0 Å². The number of rotatable bonds is 4. The molecule has 1 aliphatic rings. The van der Waals surface area contributed by atoms with Crippen molar-refractivity contribution in [1.82, 2.24) is 14.8 Å². The first-order valence-corrected chi connectivity index (χ1v) is 13.1. The van der Waals surface area contributed by atoms with Crippen LogP contribution in [0.15, 0.2) is 60.1 Å². The van der Waals surface area contributed by atoms with Gasteiger partial charge in [0.15, 0.2) is 0 Å². The molecule has 4 N–H and O–H groups in total. The minimum atomic E-state index is -0.329. The highest BCUT2D eigenvalue weighted by Crippen LogP contribution is 2.39. The van der Waals surface area contributed by atoms with E-state index in [0.717, 1.165) is 32.5 Å². The minimum absolute atomic E-state index is 0.0182. The maximum Gasteiger partial charge on any atom is 0.323 e. The molecule has 1 aliphatic heterocycles. The molecule has 0 bridgehead atoms. The minimum Gasteiger partial charge on any atom is -0.383 e. The van der Waals surface area contributed by atoms with Crippen LogP contribution in [-0.2, 0) is 4.79 Å². The number of amides is 4. The topological polar surface area (TPSA) is 121 Å². The summed E-state index contributed by atoms with van der Waals surface area (Å²) < 4.78 is 0.784. The molecule has 2 aromatic carbocycles. The number of aromatic nitrogens is 1. The van der Waals surface area contributed by atoms with Gasteiger partial charge in [0.05, 0.1) is 10.3 Å². The summed E-state index contributed by atoms with van der Waals surface area (Å²) in [5.41, 5.74) is 11.0. The molecule has 1 fully saturated rings. The second-order valence-electron chi connectivity index (χ2n) is 9.23. The number of urea groups is 1. The highest BCUT2D eigenvalue weighted by atomic mass is 32.1. The molecule has 4 aromatic rings. The van der Waals surface area contributed by atoms with Crippen molar-refractivity contribution in [3.63, 3.8) is 0 Å². The summed E-state index contributed by atoms with van der Waals surface area (Å²) in [7, 11) is 0. The summed E-state index contributed by atoms with van der Waals surface area (Å²) in [6.45, 7) is 5.51. The number of anilines is 3. The van der Waals surface area contributed by atoms with Crippen molar-refractivity contribution >= 4 is 56.5 Å². The van der Waals surface area contributed by atoms with Gasteiger partial charge in [-0.15, -0.1) is 11.3 Å². The van der Waals surface area contributed by atoms with Crippen LogP contribution in [0.2, 0.25) is 0 Å². The SMILES string of the molecule is CC(=O)N1CCN(C(=O)c2cnc(N)c3c(-c4ccc(NC(=O)Nc5cccc(C)c5)cc4)csc23)CC1. The summed E-state index contributed by atoms with van der Waals surface area (Å²) in [6.07, 6.45) is 1.54. The Balaban J connectivity index is 1.34. The van der Waals surface area contributed by atoms with E-state index in [2.05, 4.69) is 15.6 Å². The molecule has 3 heterocycles. The Morgan fingerprint density at radius 3 is 2.32 bits per heavy atom. The van der Waals surface area contributed by atoms with Gasteiger partial charge in [-0.1, -0.05) is 24.3 Å². The van der Waals surface area contributed by atoms with Crippen LogP contribution in [0.5, 0.6) is 0 Å². The number of hydrogen-bond donors (Lipinski definition) is 3. The maximum atomic E-state index is 13.3. The third kappa shape index (κ3) is 5.16. The number of hydrogen-bond acceptors (Lipinski definition) is 6. The molecule has 0 spiro atoms. The number of nitrogens with two attached hydrogens (primary N) is 1. The predicted octanol–water partition coefficient (Wildman–Crippen LogP) is 4.80. The quantitative estimate of drug-likeness (QED) is 0.351. The summed E-state index contributed by atoms with van der Waals surface area (Å²) >= 11 is 1.45. The van der Waals surface area contributed by atoms with Gasteiger partial charge < -0.3 is 26.2 Å². The largest absolute Gasteiger partial charge is 0.383 e. The second-order valence-corrected chi connectivity index (χ2v) is 10.1. The molecule has 2 aromatic heterocycles. The highest BCUT2D eigenvalue weighted by molar-refractivity contribution is 7.18. The third-order valence-electron chi connectivity index (χ3n) is 6.60. The van der Waals surface area contributed by atoms with E-state index in [1.807, 2.05) is 60.8 Å². The molecule has 0 atom stereocenters. The first kappa shape index (κ1) is 25.2. The number of benzene rings is 2. The molecule has 9 nitrogen and oxygen atoms in total. The smallest absolute Gasteiger partial charge is 0.323 e. The van der Waals surface area contributed by atoms with Gasteiger partial charge in [-0.2, -0.15) is 0 Å². The number of nitrogen functional groups attached to an aromatic ring is 1. The van der Waals surface area contributed by atoms with Gasteiger partial charge in [0.1, 0.15) is 5.82 Å². The Labute approximate surface area is 224 Å². The number of carbonyl (C=O) groups is 3. The van der Waals surface area contributed by atoms with Gasteiger partial charge in [-0.25, -0.2) is 9.78 Å². The van der Waals surface area contributed by atoms with Crippen LogP contribution < -0.4 is 16.4 Å². The van der Waals surface area contributed by atoms with Crippen LogP contribution in [0.3, 0.4) is 0 Å². The van der Waals surface area contributed by atoms with Crippen molar-refractivity contribution in [3.05, 3.63) is 71.2 Å². The summed E-state index contributed by atoms with van der Waals surface area (Å²) in [5, 5.41) is 8.38. The molecule has 5 rings (SSSR count).